The van der Waals surface area contributed by atoms with Crippen LogP contribution >= 0.6 is 0 Å². The summed E-state index contributed by atoms with van der Waals surface area (Å²) in [6.45, 7) is 0. The molecule has 0 aliphatic rings. The normalized spacial score (nSPS) is 11.0. The first-order chi connectivity index (χ1) is 26.3. The number of nitrogens with zero attached hydrogens (tertiary/aromatic N) is 2. The minimum absolute atomic E-state index is 0.0398. The smallest absolute Gasteiger partial charge is 0.240 e. The van der Waals surface area contributed by atoms with Gasteiger partial charge >= 0.3 is 0 Å². The number of unbranched alkanes of at least 4 members (excludes halogenated alkanes) is 6. The van der Waals surface area contributed by atoms with Crippen LogP contribution in [0.25, 0.3) is 11.1 Å². The second-order valence-electron chi connectivity index (χ2n) is 12.8. The van der Waals surface area contributed by atoms with Gasteiger partial charge in [-0.2, -0.15) is 10.2 Å². The molecule has 0 saturated carbocycles. The first-order valence-electron chi connectivity index (χ1n) is 18.3. The van der Waals surface area contributed by atoms with Crippen molar-refractivity contribution in [3.8, 4) is 22.6 Å². The molecular weight excluding hydrogens is 684 g/mol. The number of benzene rings is 4. The molecule has 0 aromatic heterocycles. The maximum atomic E-state index is 12.2. The Balaban J connectivity index is 1.03. The number of para-hydroxylation sites is 4. The largest absolute Gasteiger partial charge is 0.506 e. The fraction of sp³-hybridized carbons (Fsp3) is 0.286. The Labute approximate surface area is 315 Å². The lowest BCUT2D eigenvalue weighted by atomic mass is 10.0. The van der Waals surface area contributed by atoms with E-state index < -0.39 is 0 Å². The molecule has 0 unspecified atom stereocenters. The van der Waals surface area contributed by atoms with Gasteiger partial charge in [-0.3, -0.25) is 19.2 Å². The van der Waals surface area contributed by atoms with Crippen LogP contribution in [0, 0.1) is 0 Å². The molecule has 0 aliphatic carbocycles. The SMILES string of the molecule is O=C(CCCCCCC(=O)Nc1ccccc1O)N/N=C/c1ccc(-c2ccc(/C=N/NC(=O)CCCCCCC(=O)Nc3ccccc3O)cc2)cc1. The molecular formula is C42H48N6O6. The van der Waals surface area contributed by atoms with E-state index in [2.05, 4.69) is 31.7 Å². The third-order valence-electron chi connectivity index (χ3n) is 8.43. The van der Waals surface area contributed by atoms with Crippen LogP contribution < -0.4 is 21.5 Å². The number of carbonyl (C=O) groups is 4. The van der Waals surface area contributed by atoms with Crippen LogP contribution in [-0.2, 0) is 19.2 Å². The predicted octanol–water partition coefficient (Wildman–Crippen LogP) is 7.62. The Hall–Kier alpha value is -6.30. The number of phenolic OH excluding ortho intramolecular Hbond substituents is 2. The molecule has 0 heterocycles. The first-order valence-corrected chi connectivity index (χ1v) is 18.3. The van der Waals surface area contributed by atoms with E-state index in [0.29, 0.717) is 62.7 Å². The van der Waals surface area contributed by atoms with Gasteiger partial charge in [0.25, 0.3) is 0 Å². The molecule has 6 N–H and O–H groups in total. The van der Waals surface area contributed by atoms with Crippen LogP contribution in [-0.4, -0.2) is 46.3 Å². The highest BCUT2D eigenvalue weighted by atomic mass is 16.3. The summed E-state index contributed by atoms with van der Waals surface area (Å²) in [4.78, 5) is 48.4. The zero-order valence-electron chi connectivity index (χ0n) is 30.3. The van der Waals surface area contributed by atoms with Gasteiger partial charge in [0, 0.05) is 25.7 Å². The Morgan fingerprint density at radius 3 is 1.13 bits per heavy atom. The van der Waals surface area contributed by atoms with Gasteiger partial charge in [0.15, 0.2) is 0 Å². The molecule has 4 rings (SSSR count). The summed E-state index contributed by atoms with van der Waals surface area (Å²) >= 11 is 0. The summed E-state index contributed by atoms with van der Waals surface area (Å²) < 4.78 is 0. The lowest BCUT2D eigenvalue weighted by Crippen LogP contribution is -2.17. The van der Waals surface area contributed by atoms with Crippen LogP contribution in [0.1, 0.15) is 88.2 Å². The average molecular weight is 733 g/mol. The van der Waals surface area contributed by atoms with E-state index in [9.17, 15) is 29.4 Å². The summed E-state index contributed by atoms with van der Waals surface area (Å²) in [6.07, 6.45) is 10.7. The molecule has 12 nitrogen and oxygen atoms in total. The zero-order valence-corrected chi connectivity index (χ0v) is 30.3. The summed E-state index contributed by atoms with van der Waals surface area (Å²) in [5, 5.41) is 33.0. The van der Waals surface area contributed by atoms with Crippen LogP contribution in [0.4, 0.5) is 11.4 Å². The van der Waals surface area contributed by atoms with Crippen LogP contribution in [0.15, 0.2) is 107 Å². The molecule has 0 bridgehead atoms. The molecule has 0 aliphatic heterocycles. The van der Waals surface area contributed by atoms with E-state index in [1.54, 1.807) is 48.8 Å². The molecule has 0 atom stereocenters. The zero-order chi connectivity index (χ0) is 38.4. The van der Waals surface area contributed by atoms with E-state index in [4.69, 9.17) is 0 Å². The van der Waals surface area contributed by atoms with Crippen molar-refractivity contribution in [2.45, 2.75) is 77.0 Å². The number of aromatic hydroxyl groups is 2. The number of carbonyl (C=O) groups excluding carboxylic acids is 4. The van der Waals surface area contributed by atoms with Crippen molar-refractivity contribution in [2.75, 3.05) is 10.6 Å². The lowest BCUT2D eigenvalue weighted by Gasteiger charge is -2.06. The average Bonchev–Trinajstić information content (AvgIpc) is 3.17. The van der Waals surface area contributed by atoms with Gasteiger partial charge in [0.1, 0.15) is 11.5 Å². The van der Waals surface area contributed by atoms with E-state index in [-0.39, 0.29) is 35.1 Å². The van der Waals surface area contributed by atoms with Crippen molar-refractivity contribution in [1.82, 2.24) is 10.9 Å². The molecule has 4 amide bonds. The van der Waals surface area contributed by atoms with Crippen LogP contribution in [0.2, 0.25) is 0 Å². The van der Waals surface area contributed by atoms with Gasteiger partial charge in [0.05, 0.1) is 23.8 Å². The van der Waals surface area contributed by atoms with Crippen molar-refractivity contribution in [2.24, 2.45) is 10.2 Å². The topological polar surface area (TPSA) is 182 Å². The van der Waals surface area contributed by atoms with Crippen LogP contribution in [0.5, 0.6) is 11.5 Å². The van der Waals surface area contributed by atoms with E-state index in [1.807, 2.05) is 48.5 Å². The molecule has 4 aromatic carbocycles. The van der Waals surface area contributed by atoms with Crippen molar-refractivity contribution >= 4 is 47.4 Å². The lowest BCUT2D eigenvalue weighted by molar-refractivity contribution is -0.122. The highest BCUT2D eigenvalue weighted by Gasteiger charge is 2.08. The minimum atomic E-state index is -0.165. The molecule has 12 heteroatoms. The van der Waals surface area contributed by atoms with Gasteiger partial charge in [-0.15, -0.1) is 0 Å². The molecule has 0 fully saturated rings. The number of hydrazone groups is 2. The number of amides is 4. The highest BCUT2D eigenvalue weighted by molar-refractivity contribution is 5.92. The van der Waals surface area contributed by atoms with Gasteiger partial charge in [-0.05, 0) is 72.2 Å². The van der Waals surface area contributed by atoms with E-state index in [0.717, 1.165) is 47.9 Å². The number of hydrogen-bond donors (Lipinski definition) is 6. The van der Waals surface area contributed by atoms with Crippen molar-refractivity contribution < 1.29 is 29.4 Å². The molecule has 0 saturated heterocycles. The molecule has 0 radical (unpaired) electrons. The molecule has 0 spiro atoms. The Bertz CT molecular complexity index is 1740. The Morgan fingerprint density at radius 2 is 0.778 bits per heavy atom. The summed E-state index contributed by atoms with van der Waals surface area (Å²) in [7, 11) is 0. The minimum Gasteiger partial charge on any atom is -0.506 e. The fourth-order valence-electron chi connectivity index (χ4n) is 5.43. The monoisotopic (exact) mass is 732 g/mol. The van der Waals surface area contributed by atoms with Crippen LogP contribution in [0.3, 0.4) is 0 Å². The summed E-state index contributed by atoms with van der Waals surface area (Å²) in [5.41, 5.74) is 9.64. The number of rotatable bonds is 21. The standard InChI is InChI=1S/C42H48N6O6/c49-37-15-11-9-13-35(37)45-39(51)17-5-1-3-7-19-41(53)47-43-29-31-21-25-33(26-22-31)34-27-23-32(24-28-34)30-44-48-42(54)20-8-4-2-6-18-40(52)46-36-14-10-12-16-38(36)50/h9-16,21-30,49-50H,1-8,17-20H2,(H,45,51)(H,46,52)(H,47,53)(H,48,54)/b43-29+,44-30+. The van der Waals surface area contributed by atoms with Gasteiger partial charge in [-0.1, -0.05) is 98.5 Å². The first kappa shape index (κ1) is 40.5. The maximum Gasteiger partial charge on any atom is 0.240 e. The summed E-state index contributed by atoms with van der Waals surface area (Å²) in [6, 6.07) is 28.8. The Morgan fingerprint density at radius 1 is 0.444 bits per heavy atom. The summed E-state index contributed by atoms with van der Waals surface area (Å²) in [5.74, 6) is -0.548. The number of phenols is 2. The third-order valence-corrected chi connectivity index (χ3v) is 8.43. The molecule has 4 aromatic rings. The third kappa shape index (κ3) is 15.1. The van der Waals surface area contributed by atoms with Gasteiger partial charge in [0.2, 0.25) is 23.6 Å². The quantitative estimate of drug-likeness (QED) is 0.0222. The second kappa shape index (κ2) is 22.6. The number of anilines is 2. The van der Waals surface area contributed by atoms with Gasteiger partial charge in [-0.25, -0.2) is 10.9 Å². The van der Waals surface area contributed by atoms with Gasteiger partial charge < -0.3 is 20.8 Å². The maximum absolute atomic E-state index is 12.2. The molecule has 54 heavy (non-hydrogen) atoms. The van der Waals surface area contributed by atoms with Crippen molar-refractivity contribution in [3.05, 3.63) is 108 Å². The Kier molecular flexibility index (Phi) is 16.9. The second-order valence-corrected chi connectivity index (χ2v) is 12.8. The van der Waals surface area contributed by atoms with Crippen molar-refractivity contribution in [3.63, 3.8) is 0 Å². The van der Waals surface area contributed by atoms with E-state index in [1.165, 1.54) is 12.1 Å². The fourth-order valence-corrected chi connectivity index (χ4v) is 5.43. The van der Waals surface area contributed by atoms with Crippen molar-refractivity contribution in [1.29, 1.82) is 0 Å². The molecule has 282 valence electrons. The van der Waals surface area contributed by atoms with E-state index >= 15 is 0 Å². The highest BCUT2D eigenvalue weighted by Crippen LogP contribution is 2.23. The predicted molar refractivity (Wildman–Crippen MR) is 212 cm³/mol. The number of hydrogen-bond acceptors (Lipinski definition) is 8. The number of nitrogens with one attached hydrogen (secondary N) is 4.